The molecule has 1 fully saturated rings. The van der Waals surface area contributed by atoms with Crippen LogP contribution < -0.4 is 10.6 Å². The topological polar surface area (TPSA) is 58.2 Å². The molecule has 1 aromatic carbocycles. The Bertz CT molecular complexity index is 753. The van der Waals surface area contributed by atoms with Crippen LogP contribution in [0.1, 0.15) is 52.0 Å². The van der Waals surface area contributed by atoms with Crippen LogP contribution in [0.15, 0.2) is 35.9 Å². The summed E-state index contributed by atoms with van der Waals surface area (Å²) in [4.78, 5) is 24.5. The fraction of sp³-hybridized carbons (Fsp3) is 0.583. The maximum atomic E-state index is 13.0. The number of carbonyl (C=O) groups is 2. The van der Waals surface area contributed by atoms with Gasteiger partial charge in [0.25, 0.3) is 0 Å². The number of nitrogens with one attached hydrogen (secondary N) is 2. The minimum absolute atomic E-state index is 0.0232. The number of allylic oxidation sites excluding steroid dienone is 1. The van der Waals surface area contributed by atoms with Crippen LogP contribution in [-0.4, -0.2) is 18.4 Å². The molecule has 0 aliphatic heterocycles. The van der Waals surface area contributed by atoms with Gasteiger partial charge in [-0.25, -0.2) is 4.39 Å². The van der Waals surface area contributed by atoms with Crippen molar-refractivity contribution in [1.29, 1.82) is 0 Å². The van der Waals surface area contributed by atoms with Crippen LogP contribution >= 0.6 is 0 Å². The van der Waals surface area contributed by atoms with Crippen molar-refractivity contribution in [2.75, 3.05) is 6.54 Å². The molecule has 1 aromatic rings. The van der Waals surface area contributed by atoms with Gasteiger partial charge in [-0.3, -0.25) is 9.59 Å². The van der Waals surface area contributed by atoms with Crippen LogP contribution in [0.4, 0.5) is 4.39 Å². The number of rotatable bonds is 8. The van der Waals surface area contributed by atoms with Gasteiger partial charge in [0.2, 0.25) is 11.8 Å². The highest BCUT2D eigenvalue weighted by atomic mass is 19.1. The van der Waals surface area contributed by atoms with Gasteiger partial charge >= 0.3 is 0 Å². The second-order valence-corrected chi connectivity index (χ2v) is 9.04. The largest absolute Gasteiger partial charge is 0.355 e. The Morgan fingerprint density at radius 2 is 1.83 bits per heavy atom. The van der Waals surface area contributed by atoms with E-state index in [9.17, 15) is 14.0 Å². The molecule has 0 radical (unpaired) electrons. The summed E-state index contributed by atoms with van der Waals surface area (Å²) in [5.74, 6) is 1.68. The number of benzene rings is 1. The lowest BCUT2D eigenvalue weighted by molar-refractivity contribution is -0.122. The van der Waals surface area contributed by atoms with Crippen LogP contribution in [0, 0.1) is 35.4 Å². The van der Waals surface area contributed by atoms with Crippen molar-refractivity contribution in [2.45, 2.75) is 53.0 Å². The quantitative estimate of drug-likeness (QED) is 0.642. The predicted molar refractivity (Wildman–Crippen MR) is 112 cm³/mol. The van der Waals surface area contributed by atoms with Gasteiger partial charge < -0.3 is 10.6 Å². The van der Waals surface area contributed by atoms with E-state index in [4.69, 9.17) is 0 Å². The molecule has 0 saturated heterocycles. The van der Waals surface area contributed by atoms with Crippen molar-refractivity contribution in [1.82, 2.24) is 10.6 Å². The van der Waals surface area contributed by atoms with Gasteiger partial charge in [0.05, 0.1) is 0 Å². The molecule has 0 aromatic heterocycles. The zero-order valence-corrected chi connectivity index (χ0v) is 17.7. The SMILES string of the molecule is CC1=C[C@@H](CNC(=O)C2CC2)[C@H](C(C)C)C[C@H]1CC(=O)NCc1ccc(F)cc1. The zero-order valence-electron chi connectivity index (χ0n) is 17.7. The summed E-state index contributed by atoms with van der Waals surface area (Å²) in [6.07, 6.45) is 5.75. The second kappa shape index (κ2) is 9.55. The molecular weight excluding hydrogens is 367 g/mol. The first-order valence-electron chi connectivity index (χ1n) is 10.8. The molecule has 2 N–H and O–H groups in total. The summed E-state index contributed by atoms with van der Waals surface area (Å²) in [6.45, 7) is 7.66. The Morgan fingerprint density at radius 1 is 1.14 bits per heavy atom. The molecule has 3 rings (SSSR count). The van der Waals surface area contributed by atoms with Crippen molar-refractivity contribution >= 4 is 11.8 Å². The van der Waals surface area contributed by atoms with E-state index < -0.39 is 0 Å². The van der Waals surface area contributed by atoms with Gasteiger partial charge in [0.15, 0.2) is 0 Å². The van der Waals surface area contributed by atoms with Crippen molar-refractivity contribution in [3.8, 4) is 0 Å². The lowest BCUT2D eigenvalue weighted by Crippen LogP contribution is -2.38. The van der Waals surface area contributed by atoms with Crippen molar-refractivity contribution < 1.29 is 14.0 Å². The fourth-order valence-corrected chi connectivity index (χ4v) is 4.31. The summed E-state index contributed by atoms with van der Waals surface area (Å²) >= 11 is 0. The lowest BCUT2D eigenvalue weighted by Gasteiger charge is -2.37. The Kier molecular flexibility index (Phi) is 7.09. The van der Waals surface area contributed by atoms with Gasteiger partial charge in [0.1, 0.15) is 5.82 Å². The van der Waals surface area contributed by atoms with Crippen molar-refractivity contribution in [3.05, 3.63) is 47.3 Å². The van der Waals surface area contributed by atoms with E-state index in [1.54, 1.807) is 12.1 Å². The van der Waals surface area contributed by atoms with Crippen molar-refractivity contribution in [2.24, 2.45) is 29.6 Å². The van der Waals surface area contributed by atoms with Gasteiger partial charge in [-0.1, -0.05) is 37.6 Å². The monoisotopic (exact) mass is 400 g/mol. The minimum Gasteiger partial charge on any atom is -0.355 e. The molecule has 0 heterocycles. The van der Waals surface area contributed by atoms with E-state index in [1.165, 1.54) is 17.7 Å². The van der Waals surface area contributed by atoms with E-state index in [1.807, 2.05) is 0 Å². The first kappa shape index (κ1) is 21.5. The standard InChI is InChI=1S/C24H33FN2O2/c1-15(2)22-11-19(12-23(28)26-13-17-4-8-21(25)9-5-17)16(3)10-20(22)14-27-24(29)18-6-7-18/h4-5,8-10,15,18-20,22H,6-7,11-14H2,1-3H3,(H,26,28)(H,27,29)/t19-,20-,22-/m0/s1. The van der Waals surface area contributed by atoms with Crippen LogP contribution in [-0.2, 0) is 16.1 Å². The smallest absolute Gasteiger partial charge is 0.223 e. The maximum absolute atomic E-state index is 13.0. The molecule has 5 heteroatoms. The Hall–Kier alpha value is -2.17. The first-order valence-corrected chi connectivity index (χ1v) is 10.8. The highest BCUT2D eigenvalue weighted by molar-refractivity contribution is 5.80. The Morgan fingerprint density at radius 3 is 2.45 bits per heavy atom. The third-order valence-corrected chi connectivity index (χ3v) is 6.38. The molecule has 3 atom stereocenters. The third kappa shape index (κ3) is 6.15. The van der Waals surface area contributed by atoms with E-state index in [2.05, 4.69) is 37.5 Å². The van der Waals surface area contributed by atoms with E-state index in [0.29, 0.717) is 37.3 Å². The molecule has 0 spiro atoms. The number of carbonyl (C=O) groups excluding carboxylic acids is 2. The maximum Gasteiger partial charge on any atom is 0.223 e. The van der Waals surface area contributed by atoms with Crippen LogP contribution in [0.2, 0.25) is 0 Å². The molecular formula is C24H33FN2O2. The minimum atomic E-state index is -0.273. The van der Waals surface area contributed by atoms with Crippen LogP contribution in [0.5, 0.6) is 0 Å². The predicted octanol–water partition coefficient (Wildman–Crippen LogP) is 4.21. The zero-order chi connectivity index (χ0) is 21.0. The molecule has 1 saturated carbocycles. The third-order valence-electron chi connectivity index (χ3n) is 6.38. The number of hydrogen-bond acceptors (Lipinski definition) is 2. The molecule has 158 valence electrons. The fourth-order valence-electron chi connectivity index (χ4n) is 4.31. The van der Waals surface area contributed by atoms with Gasteiger partial charge in [0, 0.05) is 25.4 Å². The summed E-state index contributed by atoms with van der Waals surface area (Å²) in [5, 5.41) is 6.08. The van der Waals surface area contributed by atoms with Crippen LogP contribution in [0.3, 0.4) is 0 Å². The molecule has 4 nitrogen and oxygen atoms in total. The molecule has 2 amide bonds. The molecule has 0 unspecified atom stereocenters. The van der Waals surface area contributed by atoms with Gasteiger partial charge in [-0.15, -0.1) is 0 Å². The molecule has 29 heavy (non-hydrogen) atoms. The molecule has 2 aliphatic carbocycles. The highest BCUT2D eigenvalue weighted by Crippen LogP contribution is 2.39. The summed E-state index contributed by atoms with van der Waals surface area (Å²) in [6, 6.07) is 6.20. The summed E-state index contributed by atoms with van der Waals surface area (Å²) < 4.78 is 13.0. The van der Waals surface area contributed by atoms with E-state index in [-0.39, 0.29) is 29.5 Å². The lowest BCUT2D eigenvalue weighted by atomic mass is 9.69. The summed E-state index contributed by atoms with van der Waals surface area (Å²) in [7, 11) is 0. The Labute approximate surface area is 173 Å². The average molecular weight is 401 g/mol. The molecule has 0 bridgehead atoms. The number of hydrogen-bond donors (Lipinski definition) is 2. The van der Waals surface area contributed by atoms with Gasteiger partial charge in [-0.05, 0) is 67.6 Å². The Balaban J connectivity index is 1.54. The second-order valence-electron chi connectivity index (χ2n) is 9.04. The van der Waals surface area contributed by atoms with E-state index in [0.717, 1.165) is 24.8 Å². The normalized spacial score (nSPS) is 24.2. The van der Waals surface area contributed by atoms with E-state index >= 15 is 0 Å². The first-order chi connectivity index (χ1) is 13.8. The number of halogens is 1. The average Bonchev–Trinajstić information content (AvgIpc) is 3.52. The van der Waals surface area contributed by atoms with Gasteiger partial charge in [-0.2, -0.15) is 0 Å². The highest BCUT2D eigenvalue weighted by Gasteiger charge is 2.34. The van der Waals surface area contributed by atoms with Crippen molar-refractivity contribution in [3.63, 3.8) is 0 Å². The molecule has 2 aliphatic rings. The number of amides is 2. The van der Waals surface area contributed by atoms with Crippen LogP contribution in [0.25, 0.3) is 0 Å². The summed E-state index contributed by atoms with van der Waals surface area (Å²) in [5.41, 5.74) is 2.13.